The van der Waals surface area contributed by atoms with E-state index in [1.54, 1.807) is 6.07 Å². The fourth-order valence-corrected chi connectivity index (χ4v) is 5.36. The van der Waals surface area contributed by atoms with Crippen molar-refractivity contribution >= 4 is 16.7 Å². The lowest BCUT2D eigenvalue weighted by Gasteiger charge is -2.38. The van der Waals surface area contributed by atoms with Gasteiger partial charge in [-0.2, -0.15) is 0 Å². The third-order valence-electron chi connectivity index (χ3n) is 6.98. The Hall–Kier alpha value is -2.83. The second-order valence-electron chi connectivity index (χ2n) is 9.35. The molecule has 1 aliphatic carbocycles. The van der Waals surface area contributed by atoms with Crippen LogP contribution in [0.25, 0.3) is 11.0 Å². The lowest BCUT2D eigenvalue weighted by atomic mass is 10.1. The first-order valence-corrected chi connectivity index (χ1v) is 11.9. The van der Waals surface area contributed by atoms with Crippen LogP contribution < -0.4 is 15.3 Å². The van der Waals surface area contributed by atoms with Gasteiger partial charge in [0.2, 0.25) is 0 Å². The Morgan fingerprint density at radius 1 is 1.03 bits per heavy atom. The van der Waals surface area contributed by atoms with Crippen LogP contribution in [0.15, 0.2) is 45.6 Å². The number of piperazine rings is 1. The zero-order valence-electron chi connectivity index (χ0n) is 19.5. The maximum atomic E-state index is 12.2. The molecule has 1 aliphatic heterocycles. The summed E-state index contributed by atoms with van der Waals surface area (Å²) >= 11 is 0. The first-order valence-electron chi connectivity index (χ1n) is 11.9. The molecule has 2 heterocycles. The lowest BCUT2D eigenvalue weighted by molar-refractivity contribution is 0.0663. The third-order valence-corrected chi connectivity index (χ3v) is 6.98. The van der Waals surface area contributed by atoms with Crippen molar-refractivity contribution in [3.63, 3.8) is 0 Å². The minimum absolute atomic E-state index is 0.206. The fraction of sp³-hybridized carbons (Fsp3) is 0.444. The van der Waals surface area contributed by atoms with E-state index in [9.17, 15) is 9.90 Å². The van der Waals surface area contributed by atoms with E-state index in [1.165, 1.54) is 16.8 Å². The van der Waals surface area contributed by atoms with E-state index in [4.69, 9.17) is 9.15 Å². The number of nitrogens with zero attached hydrogens (tertiary/aromatic N) is 2. The standard InChI is InChI=1S/C27H32N2O4/c1-18-5-3-6-19(2)26(18)29-13-11-28(12-14-29)16-20(30)17-32-21-9-10-23-22-7-4-8-24(22)27(31)33-25(23)15-21/h3,5-6,9-10,15,20,30H,4,7-8,11-14,16-17H2,1-2H3/t20-/m0/s1. The molecule has 1 fully saturated rings. The Bertz CT molecular complexity index is 1190. The van der Waals surface area contributed by atoms with Crippen LogP contribution in [0.2, 0.25) is 0 Å². The molecule has 174 valence electrons. The molecule has 0 bridgehead atoms. The highest BCUT2D eigenvalue weighted by atomic mass is 16.5. The Labute approximate surface area is 194 Å². The van der Waals surface area contributed by atoms with Crippen molar-refractivity contribution in [3.8, 4) is 5.75 Å². The Morgan fingerprint density at radius 2 is 1.76 bits per heavy atom. The molecule has 0 spiro atoms. The number of aliphatic hydroxyl groups excluding tert-OH is 1. The van der Waals surface area contributed by atoms with E-state index in [0.717, 1.165) is 62.0 Å². The van der Waals surface area contributed by atoms with Crippen LogP contribution in [0, 0.1) is 13.8 Å². The molecule has 2 aromatic carbocycles. The Balaban J connectivity index is 1.15. The molecule has 0 radical (unpaired) electrons. The number of hydrogen-bond donors (Lipinski definition) is 1. The number of para-hydroxylation sites is 1. The summed E-state index contributed by atoms with van der Waals surface area (Å²) in [7, 11) is 0. The van der Waals surface area contributed by atoms with E-state index >= 15 is 0 Å². The second kappa shape index (κ2) is 9.20. The predicted molar refractivity (Wildman–Crippen MR) is 131 cm³/mol. The van der Waals surface area contributed by atoms with Crippen LogP contribution >= 0.6 is 0 Å². The summed E-state index contributed by atoms with van der Waals surface area (Å²) in [4.78, 5) is 17.0. The molecule has 1 atom stereocenters. The summed E-state index contributed by atoms with van der Waals surface area (Å²) in [6.45, 7) is 8.85. The van der Waals surface area contributed by atoms with Crippen LogP contribution in [0.5, 0.6) is 5.75 Å². The molecule has 2 aliphatic rings. The summed E-state index contributed by atoms with van der Waals surface area (Å²) in [5.74, 6) is 0.613. The molecule has 5 rings (SSSR count). The van der Waals surface area contributed by atoms with Gasteiger partial charge >= 0.3 is 5.63 Å². The van der Waals surface area contributed by atoms with Gasteiger partial charge in [0.05, 0.1) is 0 Å². The lowest BCUT2D eigenvalue weighted by Crippen LogP contribution is -2.49. The largest absolute Gasteiger partial charge is 0.491 e. The Kier molecular flexibility index (Phi) is 6.13. The average molecular weight is 449 g/mol. The van der Waals surface area contributed by atoms with E-state index in [2.05, 4.69) is 41.8 Å². The van der Waals surface area contributed by atoms with Crippen molar-refractivity contribution < 1.29 is 14.3 Å². The molecule has 1 saturated heterocycles. The van der Waals surface area contributed by atoms with Gasteiger partial charge in [0.1, 0.15) is 24.0 Å². The molecule has 33 heavy (non-hydrogen) atoms. The number of hydrogen-bond acceptors (Lipinski definition) is 6. The number of ether oxygens (including phenoxy) is 1. The van der Waals surface area contributed by atoms with Crippen LogP contribution in [0.1, 0.15) is 28.7 Å². The molecular formula is C27H32N2O4. The van der Waals surface area contributed by atoms with Crippen LogP contribution in [-0.4, -0.2) is 55.4 Å². The van der Waals surface area contributed by atoms with Gasteiger partial charge in [-0.1, -0.05) is 18.2 Å². The third kappa shape index (κ3) is 4.50. The van der Waals surface area contributed by atoms with Gasteiger partial charge in [-0.05, 0) is 61.9 Å². The van der Waals surface area contributed by atoms with Crippen molar-refractivity contribution in [2.24, 2.45) is 0 Å². The molecule has 3 aromatic rings. The normalized spacial score (nSPS) is 17.4. The zero-order chi connectivity index (χ0) is 22.9. The molecular weight excluding hydrogens is 416 g/mol. The van der Waals surface area contributed by atoms with Crippen LogP contribution in [0.4, 0.5) is 5.69 Å². The highest BCUT2D eigenvalue weighted by molar-refractivity contribution is 5.83. The molecule has 1 N–H and O–H groups in total. The molecule has 0 amide bonds. The van der Waals surface area contributed by atoms with Crippen molar-refractivity contribution in [1.82, 2.24) is 4.90 Å². The number of β-amino-alcohol motifs (C(OH)–C–C–N with tert-alkyl or cyclic N) is 1. The van der Waals surface area contributed by atoms with E-state index in [0.29, 0.717) is 17.9 Å². The van der Waals surface area contributed by atoms with Gasteiger partial charge in [0.25, 0.3) is 0 Å². The summed E-state index contributed by atoms with van der Waals surface area (Å²) in [5.41, 5.74) is 6.25. The molecule has 0 saturated carbocycles. The van der Waals surface area contributed by atoms with Gasteiger partial charge in [0.15, 0.2) is 0 Å². The fourth-order valence-electron chi connectivity index (χ4n) is 5.36. The quantitative estimate of drug-likeness (QED) is 0.583. The van der Waals surface area contributed by atoms with Crippen molar-refractivity contribution in [1.29, 1.82) is 0 Å². The number of fused-ring (bicyclic) bond motifs is 3. The van der Waals surface area contributed by atoms with Gasteiger partial charge < -0.3 is 19.2 Å². The first-order chi connectivity index (χ1) is 16.0. The molecule has 0 unspecified atom stereocenters. The minimum atomic E-state index is -0.584. The minimum Gasteiger partial charge on any atom is -0.491 e. The van der Waals surface area contributed by atoms with Crippen molar-refractivity contribution in [2.75, 3.05) is 44.2 Å². The predicted octanol–water partition coefficient (Wildman–Crippen LogP) is 3.46. The SMILES string of the molecule is Cc1cccc(C)c1N1CCN(C[C@H](O)COc2ccc3c4c(c(=O)oc3c2)CCC4)CC1. The molecule has 6 heteroatoms. The van der Waals surface area contributed by atoms with Crippen molar-refractivity contribution in [3.05, 3.63) is 69.1 Å². The molecule has 1 aromatic heterocycles. The summed E-state index contributed by atoms with van der Waals surface area (Å²) in [6.07, 6.45) is 2.14. The number of anilines is 1. The highest BCUT2D eigenvalue weighted by Gasteiger charge is 2.22. The summed E-state index contributed by atoms with van der Waals surface area (Å²) in [5, 5.41) is 11.6. The number of aryl methyl sites for hydroxylation is 3. The van der Waals surface area contributed by atoms with Crippen molar-refractivity contribution in [2.45, 2.75) is 39.2 Å². The zero-order valence-corrected chi connectivity index (χ0v) is 19.5. The van der Waals surface area contributed by atoms with E-state index < -0.39 is 6.10 Å². The van der Waals surface area contributed by atoms with E-state index in [1.807, 2.05) is 12.1 Å². The summed E-state index contributed by atoms with van der Waals surface area (Å²) < 4.78 is 11.4. The highest BCUT2D eigenvalue weighted by Crippen LogP contribution is 2.30. The first kappa shape index (κ1) is 22.0. The van der Waals surface area contributed by atoms with Gasteiger partial charge in [-0.15, -0.1) is 0 Å². The maximum absolute atomic E-state index is 12.2. The summed E-state index contributed by atoms with van der Waals surface area (Å²) in [6, 6.07) is 12.1. The maximum Gasteiger partial charge on any atom is 0.339 e. The van der Waals surface area contributed by atoms with E-state index in [-0.39, 0.29) is 12.2 Å². The number of aliphatic hydroxyl groups is 1. The number of benzene rings is 2. The van der Waals surface area contributed by atoms with Gasteiger partial charge in [-0.3, -0.25) is 4.90 Å². The van der Waals surface area contributed by atoms with Gasteiger partial charge in [0, 0.05) is 55.4 Å². The van der Waals surface area contributed by atoms with Crippen LogP contribution in [-0.2, 0) is 12.8 Å². The second-order valence-corrected chi connectivity index (χ2v) is 9.35. The molecule has 6 nitrogen and oxygen atoms in total. The average Bonchev–Trinajstić information content (AvgIpc) is 3.30. The monoisotopic (exact) mass is 448 g/mol. The smallest absolute Gasteiger partial charge is 0.339 e. The topological polar surface area (TPSA) is 66.2 Å². The number of rotatable bonds is 6. The Morgan fingerprint density at radius 3 is 2.52 bits per heavy atom. The van der Waals surface area contributed by atoms with Gasteiger partial charge in [-0.25, -0.2) is 4.79 Å². The van der Waals surface area contributed by atoms with Crippen LogP contribution in [0.3, 0.4) is 0 Å².